The van der Waals surface area contributed by atoms with Gasteiger partial charge in [-0.25, -0.2) is 0 Å². The molecule has 0 fully saturated rings. The quantitative estimate of drug-likeness (QED) is 0.250. The predicted molar refractivity (Wildman–Crippen MR) is 63.8 cm³/mol. The fourth-order valence-electron chi connectivity index (χ4n) is 1.18. The van der Waals surface area contributed by atoms with Crippen LogP contribution in [0.3, 0.4) is 0 Å². The molecule has 0 spiro atoms. The summed E-state index contributed by atoms with van der Waals surface area (Å²) in [5, 5.41) is 12.7. The van der Waals surface area contributed by atoms with Crippen LogP contribution >= 0.6 is 0 Å². The number of aldehydes is 1. The van der Waals surface area contributed by atoms with E-state index < -0.39 is 0 Å². The van der Waals surface area contributed by atoms with E-state index in [1.54, 1.807) is 6.07 Å². The van der Waals surface area contributed by atoms with Crippen LogP contribution in [0.2, 0.25) is 0 Å². The van der Waals surface area contributed by atoms with Crippen LogP contribution in [0.25, 0.3) is 10.4 Å². The molecule has 0 saturated heterocycles. The lowest BCUT2D eigenvalue weighted by Gasteiger charge is -2.07. The minimum atomic E-state index is -0.119. The van der Waals surface area contributed by atoms with E-state index in [0.29, 0.717) is 31.9 Å². The molecule has 0 radical (unpaired) electrons. The second-order valence-electron chi connectivity index (χ2n) is 3.25. The molecule has 0 aromatic heterocycles. The molecular formula is C11H13N3O4. The molecule has 1 rings (SSSR count). The molecule has 0 heterocycles. The Bertz CT molecular complexity index is 444. The highest BCUT2D eigenvalue weighted by atomic mass is 16.5. The second-order valence-corrected chi connectivity index (χ2v) is 3.25. The van der Waals surface area contributed by atoms with E-state index >= 15 is 0 Å². The Morgan fingerprint density at radius 1 is 1.39 bits per heavy atom. The third-order valence-corrected chi connectivity index (χ3v) is 2.02. The highest BCUT2D eigenvalue weighted by Crippen LogP contribution is 2.21. The van der Waals surface area contributed by atoms with E-state index in [1.807, 2.05) is 0 Å². The summed E-state index contributed by atoms with van der Waals surface area (Å²) < 4.78 is 10.4. The van der Waals surface area contributed by atoms with Crippen molar-refractivity contribution in [3.05, 3.63) is 34.2 Å². The fourth-order valence-corrected chi connectivity index (χ4v) is 1.18. The molecule has 0 aliphatic carbocycles. The molecule has 18 heavy (non-hydrogen) atoms. The average Bonchev–Trinajstić information content (AvgIpc) is 2.38. The Morgan fingerprint density at radius 3 is 2.89 bits per heavy atom. The molecule has 0 amide bonds. The van der Waals surface area contributed by atoms with Gasteiger partial charge in [-0.05, 0) is 17.7 Å². The van der Waals surface area contributed by atoms with Crippen molar-refractivity contribution in [1.82, 2.24) is 0 Å². The first kappa shape index (κ1) is 13.8. The summed E-state index contributed by atoms with van der Waals surface area (Å²) in [5.74, 6) is 0.337. The largest absolute Gasteiger partial charge is 0.507 e. The molecule has 0 bridgehead atoms. The van der Waals surface area contributed by atoms with Crippen LogP contribution in [0, 0.1) is 0 Å². The van der Waals surface area contributed by atoms with Crippen LogP contribution < -0.4 is 4.74 Å². The Labute approximate surface area is 104 Å². The van der Waals surface area contributed by atoms with Crippen molar-refractivity contribution < 1.29 is 19.4 Å². The zero-order chi connectivity index (χ0) is 13.2. The van der Waals surface area contributed by atoms with Gasteiger partial charge in [-0.3, -0.25) is 4.79 Å². The number of benzene rings is 1. The first-order valence-corrected chi connectivity index (χ1v) is 5.27. The van der Waals surface area contributed by atoms with Crippen molar-refractivity contribution in [2.45, 2.75) is 0 Å². The first-order valence-electron chi connectivity index (χ1n) is 5.27. The number of hydrogen-bond acceptors (Lipinski definition) is 5. The number of nitrogens with zero attached hydrogens (tertiary/aromatic N) is 3. The zero-order valence-electron chi connectivity index (χ0n) is 9.65. The predicted octanol–water partition coefficient (Wildman–Crippen LogP) is 1.91. The SMILES string of the molecule is [N-]=[N+]=NCCOCCOc1ccc(C=O)c(O)c1. The summed E-state index contributed by atoms with van der Waals surface area (Å²) in [5.41, 5.74) is 8.23. The number of phenols is 1. The molecule has 0 saturated carbocycles. The first-order chi connectivity index (χ1) is 8.77. The van der Waals surface area contributed by atoms with Crippen LogP contribution in [-0.2, 0) is 4.74 Å². The van der Waals surface area contributed by atoms with Gasteiger partial charge in [0, 0.05) is 17.5 Å². The molecule has 0 atom stereocenters. The van der Waals surface area contributed by atoms with Crippen molar-refractivity contribution in [1.29, 1.82) is 0 Å². The Balaban J connectivity index is 2.25. The van der Waals surface area contributed by atoms with Gasteiger partial charge in [-0.2, -0.15) is 0 Å². The summed E-state index contributed by atoms with van der Waals surface area (Å²) in [6.45, 7) is 1.27. The van der Waals surface area contributed by atoms with Crippen LogP contribution in [-0.4, -0.2) is 37.8 Å². The van der Waals surface area contributed by atoms with Gasteiger partial charge in [0.25, 0.3) is 0 Å². The van der Waals surface area contributed by atoms with Crippen LogP contribution in [0.1, 0.15) is 10.4 Å². The monoisotopic (exact) mass is 251 g/mol. The van der Waals surface area contributed by atoms with Crippen molar-refractivity contribution >= 4 is 6.29 Å². The Kier molecular flexibility index (Phi) is 6.10. The number of phenolic OH excluding ortho intramolecular Hbond substituents is 1. The molecule has 1 aromatic rings. The van der Waals surface area contributed by atoms with Gasteiger partial charge in [-0.1, -0.05) is 5.11 Å². The third kappa shape index (κ3) is 4.73. The summed E-state index contributed by atoms with van der Waals surface area (Å²) in [7, 11) is 0. The van der Waals surface area contributed by atoms with Gasteiger partial charge in [0.15, 0.2) is 6.29 Å². The van der Waals surface area contributed by atoms with E-state index in [9.17, 15) is 9.90 Å². The molecule has 7 nitrogen and oxygen atoms in total. The van der Waals surface area contributed by atoms with Crippen molar-refractivity contribution in [3.8, 4) is 11.5 Å². The molecule has 0 aliphatic rings. The maximum atomic E-state index is 10.5. The van der Waals surface area contributed by atoms with Gasteiger partial charge in [0.2, 0.25) is 0 Å². The minimum Gasteiger partial charge on any atom is -0.507 e. The van der Waals surface area contributed by atoms with E-state index in [-0.39, 0.29) is 17.9 Å². The lowest BCUT2D eigenvalue weighted by molar-refractivity contribution is 0.105. The Hall–Kier alpha value is -2.24. The number of carbonyl (C=O) groups is 1. The summed E-state index contributed by atoms with van der Waals surface area (Å²) in [6, 6.07) is 4.42. The standard InChI is InChI=1S/C11H13N3O4/c12-14-13-3-4-17-5-6-18-10-2-1-9(8-15)11(16)7-10/h1-2,7-8,16H,3-6H2. The lowest BCUT2D eigenvalue weighted by atomic mass is 10.2. The van der Waals surface area contributed by atoms with E-state index in [1.165, 1.54) is 12.1 Å². The van der Waals surface area contributed by atoms with Crippen molar-refractivity contribution in [2.75, 3.05) is 26.4 Å². The number of aromatic hydroxyl groups is 1. The molecule has 1 aromatic carbocycles. The summed E-state index contributed by atoms with van der Waals surface area (Å²) in [6.07, 6.45) is 0.567. The topological polar surface area (TPSA) is 105 Å². The highest BCUT2D eigenvalue weighted by Gasteiger charge is 2.01. The summed E-state index contributed by atoms with van der Waals surface area (Å²) >= 11 is 0. The molecule has 96 valence electrons. The number of azide groups is 1. The Morgan fingerprint density at radius 2 is 2.22 bits per heavy atom. The third-order valence-electron chi connectivity index (χ3n) is 2.02. The fraction of sp³-hybridized carbons (Fsp3) is 0.364. The van der Waals surface area contributed by atoms with Gasteiger partial charge in [-0.15, -0.1) is 0 Å². The lowest BCUT2D eigenvalue weighted by Crippen LogP contribution is -2.08. The van der Waals surface area contributed by atoms with Crippen LogP contribution in [0.15, 0.2) is 23.3 Å². The van der Waals surface area contributed by atoms with Crippen LogP contribution in [0.5, 0.6) is 11.5 Å². The van der Waals surface area contributed by atoms with Crippen molar-refractivity contribution in [2.24, 2.45) is 5.11 Å². The molecular weight excluding hydrogens is 238 g/mol. The number of hydrogen-bond donors (Lipinski definition) is 1. The van der Waals surface area contributed by atoms with E-state index in [0.717, 1.165) is 0 Å². The second kappa shape index (κ2) is 7.94. The van der Waals surface area contributed by atoms with Gasteiger partial charge >= 0.3 is 0 Å². The molecule has 0 unspecified atom stereocenters. The molecule has 7 heteroatoms. The maximum Gasteiger partial charge on any atom is 0.153 e. The smallest absolute Gasteiger partial charge is 0.153 e. The number of carbonyl (C=O) groups excluding carboxylic acids is 1. The number of ether oxygens (including phenoxy) is 2. The molecule has 1 N–H and O–H groups in total. The number of rotatable bonds is 8. The van der Waals surface area contributed by atoms with E-state index in [2.05, 4.69) is 10.0 Å². The van der Waals surface area contributed by atoms with E-state index in [4.69, 9.17) is 15.0 Å². The van der Waals surface area contributed by atoms with Crippen molar-refractivity contribution in [3.63, 3.8) is 0 Å². The maximum absolute atomic E-state index is 10.5. The summed E-state index contributed by atoms with van der Waals surface area (Å²) in [4.78, 5) is 13.1. The van der Waals surface area contributed by atoms with Gasteiger partial charge in [0.1, 0.15) is 18.1 Å². The minimum absolute atomic E-state index is 0.119. The average molecular weight is 251 g/mol. The van der Waals surface area contributed by atoms with Gasteiger partial charge < -0.3 is 14.6 Å². The highest BCUT2D eigenvalue weighted by molar-refractivity contribution is 5.79. The van der Waals surface area contributed by atoms with Crippen LogP contribution in [0.4, 0.5) is 0 Å². The van der Waals surface area contributed by atoms with Gasteiger partial charge in [0.05, 0.1) is 18.8 Å². The normalized spacial score (nSPS) is 9.56. The zero-order valence-corrected chi connectivity index (χ0v) is 9.65. The molecule has 0 aliphatic heterocycles.